The van der Waals surface area contributed by atoms with Crippen molar-refractivity contribution in [3.8, 4) is 22.3 Å². The van der Waals surface area contributed by atoms with Crippen molar-refractivity contribution < 1.29 is 0 Å². The molecule has 0 aliphatic heterocycles. The highest BCUT2D eigenvalue weighted by Gasteiger charge is 2.19. The maximum Gasteiger partial charge on any atom is 0.160 e. The molecular weight excluding hydrogens is 544 g/mol. The molecule has 0 spiro atoms. The Hall–Kier alpha value is -5.08. The van der Waals surface area contributed by atoms with Crippen LogP contribution in [0.25, 0.3) is 40.1 Å². The Morgan fingerprint density at radius 3 is 2.20 bits per heavy atom. The van der Waals surface area contributed by atoms with Crippen molar-refractivity contribution in [3.05, 3.63) is 159 Å². The molecule has 2 heteroatoms. The highest BCUT2D eigenvalue weighted by Crippen LogP contribution is 2.38. The maximum atomic E-state index is 5.11. The van der Waals surface area contributed by atoms with Crippen LogP contribution in [0.2, 0.25) is 0 Å². The standard InChI is InChI=1S/C43H38N2/c1-27-15-16-35-26-41(29(3)23-38(35)21-27)39-20-19-33(22-28(39)2)30(4)44-43(32-11-7-6-8-12-32)45-31(5)34-17-18-37-24-36-13-9-10-14-40(36)42(37)25-34/h6-14,16-23,25-27H,5,15,24H2,1-4H3/b44-30+,45-43-. The number of nitrogens with zero attached hydrogens (tertiary/aromatic N) is 2. The van der Waals surface area contributed by atoms with E-state index in [1.165, 1.54) is 54.9 Å². The zero-order chi connectivity index (χ0) is 31.1. The Morgan fingerprint density at radius 1 is 0.644 bits per heavy atom. The van der Waals surface area contributed by atoms with Gasteiger partial charge in [-0.1, -0.05) is 111 Å². The molecule has 2 nitrogen and oxygen atoms in total. The first-order valence-corrected chi connectivity index (χ1v) is 15.9. The number of amidine groups is 1. The molecule has 5 aromatic carbocycles. The van der Waals surface area contributed by atoms with E-state index in [1.54, 1.807) is 0 Å². The molecule has 45 heavy (non-hydrogen) atoms. The normalized spacial score (nSPS) is 15.4. The van der Waals surface area contributed by atoms with Gasteiger partial charge in [0.05, 0.1) is 5.70 Å². The lowest BCUT2D eigenvalue weighted by Gasteiger charge is -2.14. The van der Waals surface area contributed by atoms with Gasteiger partial charge in [0.25, 0.3) is 0 Å². The molecule has 1 atom stereocenters. The topological polar surface area (TPSA) is 24.7 Å². The number of hydrogen-bond acceptors (Lipinski definition) is 1. The molecular formula is C43H38N2. The maximum absolute atomic E-state index is 5.11. The van der Waals surface area contributed by atoms with Gasteiger partial charge in [0, 0.05) is 16.8 Å². The Bertz CT molecular complexity index is 2160. The number of benzene rings is 5. The van der Waals surface area contributed by atoms with Crippen LogP contribution in [-0.4, -0.2) is 11.5 Å². The lowest BCUT2D eigenvalue weighted by Crippen LogP contribution is -2.29. The summed E-state index contributed by atoms with van der Waals surface area (Å²) in [6.07, 6.45) is 6.84. The minimum absolute atomic E-state index is 0.596. The number of aliphatic imine (C=N–C) groups is 2. The van der Waals surface area contributed by atoms with E-state index in [0.29, 0.717) is 17.5 Å². The Morgan fingerprint density at radius 2 is 1.38 bits per heavy atom. The summed E-state index contributed by atoms with van der Waals surface area (Å²) in [6.45, 7) is 13.2. The van der Waals surface area contributed by atoms with E-state index in [-0.39, 0.29) is 0 Å². The molecule has 0 saturated heterocycles. The first-order chi connectivity index (χ1) is 21.8. The molecule has 5 aromatic rings. The van der Waals surface area contributed by atoms with Gasteiger partial charge in [0.1, 0.15) is 0 Å². The van der Waals surface area contributed by atoms with E-state index in [1.807, 2.05) is 18.2 Å². The lowest BCUT2D eigenvalue weighted by atomic mass is 9.91. The van der Waals surface area contributed by atoms with Crippen molar-refractivity contribution in [1.29, 1.82) is 0 Å². The molecule has 2 aliphatic carbocycles. The average Bonchev–Trinajstić information content (AvgIpc) is 3.42. The van der Waals surface area contributed by atoms with Crippen molar-refractivity contribution in [3.63, 3.8) is 0 Å². The van der Waals surface area contributed by atoms with E-state index >= 15 is 0 Å². The summed E-state index contributed by atoms with van der Waals surface area (Å²) < 4.78 is 0. The van der Waals surface area contributed by atoms with Crippen LogP contribution in [0.15, 0.2) is 120 Å². The molecule has 0 saturated carbocycles. The van der Waals surface area contributed by atoms with Crippen LogP contribution < -0.4 is 10.4 Å². The molecule has 2 aliphatic rings. The summed E-state index contributed by atoms with van der Waals surface area (Å²) >= 11 is 0. The fraction of sp³-hybridized carbons (Fsp3) is 0.163. The SMILES string of the molecule is C=C(/N=C(\N=C(/C)c1ccc(-c2cc3c(cc2C)=CC(C)CC=3)c(C)c1)c1ccccc1)c1ccc2c(c1)-c1ccccc1C2. The van der Waals surface area contributed by atoms with Crippen molar-refractivity contribution >= 4 is 29.4 Å². The van der Waals surface area contributed by atoms with Gasteiger partial charge in [0.15, 0.2) is 5.84 Å². The van der Waals surface area contributed by atoms with Crippen molar-refractivity contribution in [2.24, 2.45) is 15.9 Å². The molecule has 1 unspecified atom stereocenters. The number of hydrogen-bond donors (Lipinski definition) is 0. The molecule has 0 aromatic heterocycles. The van der Waals surface area contributed by atoms with E-state index in [0.717, 1.165) is 35.2 Å². The Kier molecular flexibility index (Phi) is 7.51. The van der Waals surface area contributed by atoms with Crippen molar-refractivity contribution in [1.82, 2.24) is 0 Å². The van der Waals surface area contributed by atoms with Crippen LogP contribution >= 0.6 is 0 Å². The number of aryl methyl sites for hydroxylation is 2. The second-order valence-corrected chi connectivity index (χ2v) is 12.6. The zero-order valence-corrected chi connectivity index (χ0v) is 26.6. The van der Waals surface area contributed by atoms with Gasteiger partial charge in [-0.25, -0.2) is 9.98 Å². The predicted molar refractivity (Wildman–Crippen MR) is 192 cm³/mol. The summed E-state index contributed by atoms with van der Waals surface area (Å²) in [4.78, 5) is 10.2. The fourth-order valence-corrected chi connectivity index (χ4v) is 6.70. The first kappa shape index (κ1) is 28.7. The highest BCUT2D eigenvalue weighted by molar-refractivity contribution is 6.13. The van der Waals surface area contributed by atoms with Crippen LogP contribution in [0.3, 0.4) is 0 Å². The van der Waals surface area contributed by atoms with Crippen LogP contribution in [0.1, 0.15) is 59.2 Å². The van der Waals surface area contributed by atoms with Gasteiger partial charge >= 0.3 is 0 Å². The summed E-state index contributed by atoms with van der Waals surface area (Å²) in [5.74, 6) is 1.26. The number of rotatable bonds is 5. The van der Waals surface area contributed by atoms with E-state index in [9.17, 15) is 0 Å². The molecule has 0 radical (unpaired) electrons. The molecule has 0 bridgehead atoms. The fourth-order valence-electron chi connectivity index (χ4n) is 6.70. The third-order valence-electron chi connectivity index (χ3n) is 9.22. The molecule has 0 amide bonds. The summed E-state index contributed by atoms with van der Waals surface area (Å²) in [6, 6.07) is 36.8. The van der Waals surface area contributed by atoms with Crippen molar-refractivity contribution in [2.45, 2.75) is 40.5 Å². The van der Waals surface area contributed by atoms with Gasteiger partial charge < -0.3 is 0 Å². The molecule has 0 fully saturated rings. The van der Waals surface area contributed by atoms with Crippen LogP contribution in [0, 0.1) is 19.8 Å². The largest absolute Gasteiger partial charge is 0.233 e. The molecule has 220 valence electrons. The third-order valence-corrected chi connectivity index (χ3v) is 9.22. The van der Waals surface area contributed by atoms with Crippen LogP contribution in [0.5, 0.6) is 0 Å². The average molecular weight is 583 g/mol. The quantitative estimate of drug-likeness (QED) is 0.143. The summed E-state index contributed by atoms with van der Waals surface area (Å²) in [5.41, 5.74) is 15.1. The Balaban J connectivity index is 1.23. The van der Waals surface area contributed by atoms with Gasteiger partial charge in [0.2, 0.25) is 0 Å². The van der Waals surface area contributed by atoms with Gasteiger partial charge in [-0.05, 0) is 118 Å². The first-order valence-electron chi connectivity index (χ1n) is 15.9. The number of fused-ring (bicyclic) bond motifs is 4. The molecule has 0 N–H and O–H groups in total. The summed E-state index contributed by atoms with van der Waals surface area (Å²) in [5, 5.41) is 2.69. The van der Waals surface area contributed by atoms with E-state index < -0.39 is 0 Å². The third kappa shape index (κ3) is 5.65. The second-order valence-electron chi connectivity index (χ2n) is 12.6. The van der Waals surface area contributed by atoms with Crippen LogP contribution in [0.4, 0.5) is 0 Å². The van der Waals surface area contributed by atoms with Crippen molar-refractivity contribution in [2.75, 3.05) is 0 Å². The molecule has 7 rings (SSSR count). The smallest absolute Gasteiger partial charge is 0.160 e. The second kappa shape index (κ2) is 11.8. The molecule has 0 heterocycles. The lowest BCUT2D eigenvalue weighted by molar-refractivity contribution is 0.800. The predicted octanol–water partition coefficient (Wildman–Crippen LogP) is 9.07. The minimum Gasteiger partial charge on any atom is -0.233 e. The summed E-state index contributed by atoms with van der Waals surface area (Å²) in [7, 11) is 0. The van der Waals surface area contributed by atoms with E-state index in [4.69, 9.17) is 9.98 Å². The van der Waals surface area contributed by atoms with Crippen LogP contribution in [-0.2, 0) is 6.42 Å². The van der Waals surface area contributed by atoms with E-state index in [2.05, 4.69) is 131 Å². The van der Waals surface area contributed by atoms with Gasteiger partial charge in [-0.3, -0.25) is 0 Å². The minimum atomic E-state index is 0.596. The highest BCUT2D eigenvalue weighted by atomic mass is 14.9. The zero-order valence-electron chi connectivity index (χ0n) is 26.6. The Labute approximate surface area is 266 Å². The monoisotopic (exact) mass is 582 g/mol. The van der Waals surface area contributed by atoms with Gasteiger partial charge in [-0.2, -0.15) is 0 Å². The van der Waals surface area contributed by atoms with Gasteiger partial charge in [-0.15, -0.1) is 0 Å².